The average Bonchev–Trinajstić information content (AvgIpc) is 2.93. The van der Waals surface area contributed by atoms with Crippen molar-refractivity contribution in [2.75, 3.05) is 18.5 Å². The predicted octanol–water partition coefficient (Wildman–Crippen LogP) is 2.92. The maximum atomic E-state index is 9.70. The molecule has 0 radical (unpaired) electrons. The lowest BCUT2D eigenvalue weighted by Gasteiger charge is -2.36. The van der Waals surface area contributed by atoms with E-state index in [0.717, 1.165) is 36.0 Å². The molecule has 0 saturated heterocycles. The van der Waals surface area contributed by atoms with Crippen LogP contribution in [-0.2, 0) is 0 Å². The summed E-state index contributed by atoms with van der Waals surface area (Å²) >= 11 is 0. The summed E-state index contributed by atoms with van der Waals surface area (Å²) in [6.07, 6.45) is 7.88. The molecule has 1 heterocycles. The fourth-order valence-corrected chi connectivity index (χ4v) is 3.03. The predicted molar refractivity (Wildman–Crippen MR) is 77.2 cm³/mol. The van der Waals surface area contributed by atoms with Gasteiger partial charge in [-0.25, -0.2) is 0 Å². The van der Waals surface area contributed by atoms with Crippen molar-refractivity contribution in [3.63, 3.8) is 0 Å². The van der Waals surface area contributed by atoms with Gasteiger partial charge in [0.1, 0.15) is 0 Å². The van der Waals surface area contributed by atoms with E-state index in [1.807, 2.05) is 12.3 Å². The third-order valence-corrected chi connectivity index (χ3v) is 4.36. The van der Waals surface area contributed by atoms with Gasteiger partial charge in [-0.05, 0) is 31.0 Å². The Kier molecular flexibility index (Phi) is 3.42. The molecule has 4 nitrogen and oxygen atoms in total. The summed E-state index contributed by atoms with van der Waals surface area (Å²) in [5.41, 5.74) is 2.23. The average molecular weight is 259 g/mol. The summed E-state index contributed by atoms with van der Waals surface area (Å²) in [6, 6.07) is 6.21. The monoisotopic (exact) mass is 259 g/mol. The minimum atomic E-state index is 0.0730. The van der Waals surface area contributed by atoms with Crippen LogP contribution in [-0.4, -0.2) is 28.5 Å². The fraction of sp³-hybridized carbons (Fsp3) is 0.533. The van der Waals surface area contributed by atoms with Crippen LogP contribution in [0.1, 0.15) is 32.1 Å². The first-order valence-electron chi connectivity index (χ1n) is 7.09. The number of nitrogens with one attached hydrogen (secondary N) is 2. The molecular formula is C15H21N3O. The number of hydrogen-bond acceptors (Lipinski definition) is 3. The highest BCUT2D eigenvalue weighted by atomic mass is 16.3. The van der Waals surface area contributed by atoms with Crippen molar-refractivity contribution in [1.29, 1.82) is 0 Å². The molecule has 1 aromatic heterocycles. The van der Waals surface area contributed by atoms with E-state index in [4.69, 9.17) is 0 Å². The number of aliphatic hydroxyl groups excluding tert-OH is 1. The fourth-order valence-electron chi connectivity index (χ4n) is 3.03. The molecule has 2 aromatic rings. The van der Waals surface area contributed by atoms with Crippen LogP contribution in [0.15, 0.2) is 24.4 Å². The van der Waals surface area contributed by atoms with E-state index in [-0.39, 0.29) is 12.0 Å². The third kappa shape index (κ3) is 2.59. The third-order valence-electron chi connectivity index (χ3n) is 4.36. The Bertz CT molecular complexity index is 543. The normalized spacial score (nSPS) is 18.6. The molecule has 4 heteroatoms. The molecule has 0 atom stereocenters. The van der Waals surface area contributed by atoms with Gasteiger partial charge in [0.15, 0.2) is 0 Å². The van der Waals surface area contributed by atoms with Gasteiger partial charge in [-0.15, -0.1) is 0 Å². The number of hydrogen-bond donors (Lipinski definition) is 3. The van der Waals surface area contributed by atoms with Crippen molar-refractivity contribution in [1.82, 2.24) is 10.2 Å². The van der Waals surface area contributed by atoms with Gasteiger partial charge in [-0.3, -0.25) is 5.10 Å². The topological polar surface area (TPSA) is 60.9 Å². The molecule has 1 saturated carbocycles. The summed E-state index contributed by atoms with van der Waals surface area (Å²) in [6.45, 7) is 1.14. The SMILES string of the molecule is OCC1(CNc2ccc3[nH]ncc3c2)CCCCC1. The first kappa shape index (κ1) is 12.5. The Balaban J connectivity index is 1.70. The van der Waals surface area contributed by atoms with E-state index in [9.17, 15) is 5.11 Å². The van der Waals surface area contributed by atoms with Crippen molar-refractivity contribution in [3.8, 4) is 0 Å². The lowest BCUT2D eigenvalue weighted by molar-refractivity contribution is 0.0944. The van der Waals surface area contributed by atoms with Gasteiger partial charge >= 0.3 is 0 Å². The Hall–Kier alpha value is -1.55. The summed E-state index contributed by atoms with van der Waals surface area (Å²) in [7, 11) is 0. The molecule has 102 valence electrons. The van der Waals surface area contributed by atoms with Crippen molar-refractivity contribution < 1.29 is 5.11 Å². The van der Waals surface area contributed by atoms with Crippen LogP contribution in [0.2, 0.25) is 0 Å². The van der Waals surface area contributed by atoms with E-state index in [1.54, 1.807) is 0 Å². The van der Waals surface area contributed by atoms with Crippen molar-refractivity contribution in [2.24, 2.45) is 5.41 Å². The van der Waals surface area contributed by atoms with Crippen LogP contribution in [0.3, 0.4) is 0 Å². The summed E-state index contributed by atoms with van der Waals surface area (Å²) in [5.74, 6) is 0. The van der Waals surface area contributed by atoms with Gasteiger partial charge in [0.25, 0.3) is 0 Å². The van der Waals surface area contributed by atoms with Crippen LogP contribution in [0.5, 0.6) is 0 Å². The zero-order valence-corrected chi connectivity index (χ0v) is 11.2. The summed E-state index contributed by atoms with van der Waals surface area (Å²) in [5, 5.41) is 21.3. The minimum Gasteiger partial charge on any atom is -0.396 e. The Morgan fingerprint density at radius 3 is 2.89 bits per heavy atom. The molecule has 0 aliphatic heterocycles. The van der Waals surface area contributed by atoms with Crippen molar-refractivity contribution in [2.45, 2.75) is 32.1 Å². The van der Waals surface area contributed by atoms with Crippen molar-refractivity contribution in [3.05, 3.63) is 24.4 Å². The number of H-pyrrole nitrogens is 1. The highest BCUT2D eigenvalue weighted by Crippen LogP contribution is 2.36. The van der Waals surface area contributed by atoms with Gasteiger partial charge in [0, 0.05) is 23.0 Å². The Morgan fingerprint density at radius 1 is 1.26 bits per heavy atom. The van der Waals surface area contributed by atoms with Crippen LogP contribution in [0.4, 0.5) is 5.69 Å². The highest BCUT2D eigenvalue weighted by Gasteiger charge is 2.31. The second-order valence-corrected chi connectivity index (χ2v) is 5.74. The first-order valence-corrected chi connectivity index (χ1v) is 7.09. The molecule has 1 aliphatic rings. The number of benzene rings is 1. The number of aromatic nitrogens is 2. The zero-order chi connectivity index (χ0) is 13.1. The maximum Gasteiger partial charge on any atom is 0.0651 e. The number of rotatable bonds is 4. The van der Waals surface area contributed by atoms with Gasteiger partial charge < -0.3 is 10.4 Å². The number of aliphatic hydroxyl groups is 1. The van der Waals surface area contributed by atoms with Crippen LogP contribution in [0.25, 0.3) is 10.9 Å². The number of aromatic amines is 1. The molecular weight excluding hydrogens is 238 g/mol. The smallest absolute Gasteiger partial charge is 0.0651 e. The number of fused-ring (bicyclic) bond motifs is 1. The van der Waals surface area contributed by atoms with Crippen LogP contribution in [0, 0.1) is 5.41 Å². The summed E-state index contributed by atoms with van der Waals surface area (Å²) in [4.78, 5) is 0. The zero-order valence-electron chi connectivity index (χ0n) is 11.2. The number of nitrogens with zero attached hydrogens (tertiary/aromatic N) is 1. The van der Waals surface area contributed by atoms with E-state index in [0.29, 0.717) is 0 Å². The molecule has 1 aromatic carbocycles. The van der Waals surface area contributed by atoms with Gasteiger partial charge in [-0.2, -0.15) is 5.10 Å². The van der Waals surface area contributed by atoms with Gasteiger partial charge in [0.05, 0.1) is 18.3 Å². The van der Waals surface area contributed by atoms with Crippen molar-refractivity contribution >= 4 is 16.6 Å². The molecule has 3 N–H and O–H groups in total. The molecule has 0 bridgehead atoms. The molecule has 19 heavy (non-hydrogen) atoms. The molecule has 0 spiro atoms. The van der Waals surface area contributed by atoms with Crippen LogP contribution < -0.4 is 5.32 Å². The van der Waals surface area contributed by atoms with E-state index in [1.165, 1.54) is 19.3 Å². The van der Waals surface area contributed by atoms with Gasteiger partial charge in [0.2, 0.25) is 0 Å². The van der Waals surface area contributed by atoms with Gasteiger partial charge in [-0.1, -0.05) is 19.3 Å². The second-order valence-electron chi connectivity index (χ2n) is 5.74. The Morgan fingerprint density at radius 2 is 2.11 bits per heavy atom. The standard InChI is InChI=1S/C15H21N3O/c19-11-15(6-2-1-3-7-15)10-16-13-4-5-14-12(8-13)9-17-18-14/h4-5,8-9,16,19H,1-3,6-7,10-11H2,(H,17,18). The van der Waals surface area contributed by atoms with Crippen LogP contribution >= 0.6 is 0 Å². The molecule has 1 fully saturated rings. The lowest BCUT2D eigenvalue weighted by atomic mass is 9.74. The van der Waals surface area contributed by atoms with E-state index >= 15 is 0 Å². The summed E-state index contributed by atoms with van der Waals surface area (Å²) < 4.78 is 0. The largest absolute Gasteiger partial charge is 0.396 e. The second kappa shape index (κ2) is 5.21. The Labute approximate surface area is 113 Å². The number of anilines is 1. The lowest BCUT2D eigenvalue weighted by Crippen LogP contribution is -2.35. The quantitative estimate of drug-likeness (QED) is 0.791. The molecule has 0 amide bonds. The van der Waals surface area contributed by atoms with E-state index in [2.05, 4.69) is 27.6 Å². The molecule has 0 unspecified atom stereocenters. The minimum absolute atomic E-state index is 0.0730. The highest BCUT2D eigenvalue weighted by molar-refractivity contribution is 5.81. The molecule has 1 aliphatic carbocycles. The molecule has 3 rings (SSSR count). The maximum absolute atomic E-state index is 9.70. The first-order chi connectivity index (χ1) is 9.31. The van der Waals surface area contributed by atoms with E-state index < -0.39 is 0 Å².